The molecule has 1 aliphatic carbocycles. The number of nitrogens with one attached hydrogen (secondary N) is 3. The molecule has 0 aromatic heterocycles. The Morgan fingerprint density at radius 1 is 0.886 bits per heavy atom. The molecule has 10 nitrogen and oxygen atoms in total. The molecule has 0 radical (unpaired) electrons. The van der Waals surface area contributed by atoms with E-state index < -0.39 is 30.0 Å². The van der Waals surface area contributed by atoms with Gasteiger partial charge in [-0.1, -0.05) is 48.5 Å². The zero-order valence-electron chi connectivity index (χ0n) is 19.0. The second-order valence-corrected chi connectivity index (χ2v) is 8.44. The van der Waals surface area contributed by atoms with E-state index in [1.54, 1.807) is 0 Å². The quantitative estimate of drug-likeness (QED) is 0.422. The van der Waals surface area contributed by atoms with Gasteiger partial charge in [-0.2, -0.15) is 0 Å². The molecule has 0 bridgehead atoms. The maximum absolute atomic E-state index is 12.1. The van der Waals surface area contributed by atoms with Crippen LogP contribution in [0.5, 0.6) is 0 Å². The van der Waals surface area contributed by atoms with Gasteiger partial charge in [-0.25, -0.2) is 9.59 Å². The number of hydrogen-bond donors (Lipinski definition) is 4. The number of carbonyl (C=O) groups excluding carboxylic acids is 3. The van der Waals surface area contributed by atoms with Crippen molar-refractivity contribution in [2.45, 2.75) is 18.4 Å². The summed E-state index contributed by atoms with van der Waals surface area (Å²) in [4.78, 5) is 47.2. The standard InChI is InChI=1S/C25H27N3O7/c29-21(26-11-15-9-10-34-23(15)24(31)32)12-27-22(30)13-28-25(33)35-14-20-18-7-3-1-5-16(18)17-6-2-4-8-19(17)20/h1-8,15,20,23H,9-14H2,(H,26,29)(H,27,30)(H,28,33)(H,31,32)/t15-,23-/m1/s1. The number of ether oxygens (including phenoxy) is 2. The fourth-order valence-corrected chi connectivity index (χ4v) is 4.47. The summed E-state index contributed by atoms with van der Waals surface area (Å²) in [6.07, 6.45) is -1.13. The third kappa shape index (κ3) is 5.78. The van der Waals surface area contributed by atoms with Crippen molar-refractivity contribution in [1.29, 1.82) is 0 Å². The fourth-order valence-electron chi connectivity index (χ4n) is 4.47. The summed E-state index contributed by atoms with van der Waals surface area (Å²) in [6.45, 7) is -0.0381. The molecule has 10 heteroatoms. The van der Waals surface area contributed by atoms with E-state index in [4.69, 9.17) is 14.6 Å². The highest BCUT2D eigenvalue weighted by molar-refractivity contribution is 5.87. The molecule has 35 heavy (non-hydrogen) atoms. The molecule has 0 unspecified atom stereocenters. The van der Waals surface area contributed by atoms with Crippen molar-refractivity contribution in [3.05, 3.63) is 59.7 Å². The van der Waals surface area contributed by atoms with Gasteiger partial charge in [0.1, 0.15) is 13.2 Å². The second kappa shape index (κ2) is 11.0. The third-order valence-electron chi connectivity index (χ3n) is 6.20. The molecule has 0 saturated carbocycles. The van der Waals surface area contributed by atoms with Gasteiger partial charge in [-0.3, -0.25) is 9.59 Å². The Hall–Kier alpha value is -3.92. The lowest BCUT2D eigenvalue weighted by atomic mass is 9.98. The van der Waals surface area contributed by atoms with E-state index in [1.807, 2.05) is 48.5 Å². The predicted octanol–water partition coefficient (Wildman–Crippen LogP) is 1.25. The predicted molar refractivity (Wildman–Crippen MR) is 125 cm³/mol. The van der Waals surface area contributed by atoms with Crippen LogP contribution >= 0.6 is 0 Å². The van der Waals surface area contributed by atoms with E-state index in [-0.39, 0.29) is 38.1 Å². The van der Waals surface area contributed by atoms with Crippen molar-refractivity contribution in [2.24, 2.45) is 5.92 Å². The summed E-state index contributed by atoms with van der Waals surface area (Å²) in [5.41, 5.74) is 4.41. The minimum absolute atomic E-state index is 0.0864. The van der Waals surface area contributed by atoms with Crippen molar-refractivity contribution >= 4 is 23.9 Å². The molecule has 2 aromatic rings. The highest BCUT2D eigenvalue weighted by Crippen LogP contribution is 2.44. The molecule has 1 fully saturated rings. The van der Waals surface area contributed by atoms with Crippen LogP contribution in [0.3, 0.4) is 0 Å². The van der Waals surface area contributed by atoms with E-state index in [0.717, 1.165) is 22.3 Å². The van der Waals surface area contributed by atoms with Gasteiger partial charge >= 0.3 is 12.1 Å². The van der Waals surface area contributed by atoms with Crippen LogP contribution in [0.4, 0.5) is 4.79 Å². The zero-order valence-corrected chi connectivity index (χ0v) is 19.0. The van der Waals surface area contributed by atoms with Crippen LogP contribution in [0.15, 0.2) is 48.5 Å². The monoisotopic (exact) mass is 481 g/mol. The number of benzene rings is 2. The summed E-state index contributed by atoms with van der Waals surface area (Å²) in [6, 6.07) is 16.0. The third-order valence-corrected chi connectivity index (χ3v) is 6.20. The van der Waals surface area contributed by atoms with E-state index in [2.05, 4.69) is 16.0 Å². The first-order valence-corrected chi connectivity index (χ1v) is 11.4. The van der Waals surface area contributed by atoms with E-state index >= 15 is 0 Å². The number of aliphatic carboxylic acids is 1. The number of amides is 3. The lowest BCUT2D eigenvalue weighted by Gasteiger charge is -2.15. The first-order valence-electron chi connectivity index (χ1n) is 11.4. The zero-order chi connectivity index (χ0) is 24.8. The van der Waals surface area contributed by atoms with Crippen LogP contribution in [0.1, 0.15) is 23.5 Å². The lowest BCUT2D eigenvalue weighted by molar-refractivity contribution is -0.149. The summed E-state index contributed by atoms with van der Waals surface area (Å²) in [5, 5.41) is 16.5. The Bertz CT molecular complexity index is 1070. The van der Waals surface area contributed by atoms with Crippen LogP contribution < -0.4 is 16.0 Å². The van der Waals surface area contributed by atoms with Crippen molar-refractivity contribution in [3.8, 4) is 11.1 Å². The Morgan fingerprint density at radius 2 is 1.49 bits per heavy atom. The number of fused-ring (bicyclic) bond motifs is 3. The van der Waals surface area contributed by atoms with Gasteiger partial charge in [0.05, 0.1) is 6.54 Å². The van der Waals surface area contributed by atoms with Gasteiger partial charge in [0.25, 0.3) is 0 Å². The smallest absolute Gasteiger partial charge is 0.407 e. The van der Waals surface area contributed by atoms with Crippen LogP contribution in [-0.4, -0.2) is 67.9 Å². The van der Waals surface area contributed by atoms with Crippen molar-refractivity contribution in [1.82, 2.24) is 16.0 Å². The van der Waals surface area contributed by atoms with Gasteiger partial charge in [-0.15, -0.1) is 0 Å². The lowest BCUT2D eigenvalue weighted by Crippen LogP contribution is -2.44. The maximum atomic E-state index is 12.1. The van der Waals surface area contributed by atoms with Crippen molar-refractivity contribution < 1.29 is 33.8 Å². The highest BCUT2D eigenvalue weighted by atomic mass is 16.5. The molecule has 184 valence electrons. The first-order chi connectivity index (χ1) is 16.9. The molecule has 4 rings (SSSR count). The fraction of sp³-hybridized carbons (Fsp3) is 0.360. The molecule has 1 heterocycles. The average molecular weight is 482 g/mol. The number of rotatable bonds is 9. The number of carboxylic acids is 1. The van der Waals surface area contributed by atoms with Gasteiger partial charge in [0.15, 0.2) is 6.10 Å². The van der Waals surface area contributed by atoms with Gasteiger partial charge < -0.3 is 30.5 Å². The summed E-state index contributed by atoms with van der Waals surface area (Å²) in [5.74, 6) is -2.48. The molecule has 4 N–H and O–H groups in total. The molecule has 0 spiro atoms. The first kappa shape index (κ1) is 24.2. The number of carboxylic acid groups (broad SMARTS) is 1. The molecule has 1 saturated heterocycles. The van der Waals surface area contributed by atoms with Gasteiger partial charge in [0, 0.05) is 25.0 Å². The van der Waals surface area contributed by atoms with Crippen LogP contribution in [-0.2, 0) is 23.9 Å². The van der Waals surface area contributed by atoms with E-state index in [0.29, 0.717) is 13.0 Å². The van der Waals surface area contributed by atoms with Crippen molar-refractivity contribution in [3.63, 3.8) is 0 Å². The molecule has 1 aliphatic heterocycles. The summed E-state index contributed by atoms with van der Waals surface area (Å²) in [7, 11) is 0. The largest absolute Gasteiger partial charge is 0.479 e. The number of alkyl carbamates (subject to hydrolysis) is 1. The van der Waals surface area contributed by atoms with Gasteiger partial charge in [-0.05, 0) is 28.7 Å². The molecule has 2 aliphatic rings. The summed E-state index contributed by atoms with van der Waals surface area (Å²) >= 11 is 0. The second-order valence-electron chi connectivity index (χ2n) is 8.44. The Morgan fingerprint density at radius 3 is 2.14 bits per heavy atom. The number of hydrogen-bond acceptors (Lipinski definition) is 6. The van der Waals surface area contributed by atoms with Crippen LogP contribution in [0.25, 0.3) is 11.1 Å². The Kier molecular flexibility index (Phi) is 7.61. The normalized spacial score (nSPS) is 18.3. The van der Waals surface area contributed by atoms with Crippen LogP contribution in [0, 0.1) is 5.92 Å². The van der Waals surface area contributed by atoms with Crippen molar-refractivity contribution in [2.75, 3.05) is 32.8 Å². The van der Waals surface area contributed by atoms with Crippen LogP contribution in [0.2, 0.25) is 0 Å². The maximum Gasteiger partial charge on any atom is 0.407 e. The van der Waals surface area contributed by atoms with E-state index in [1.165, 1.54) is 0 Å². The van der Waals surface area contributed by atoms with E-state index in [9.17, 15) is 19.2 Å². The molecule has 2 aromatic carbocycles. The molecular formula is C25H27N3O7. The molecular weight excluding hydrogens is 454 g/mol. The topological polar surface area (TPSA) is 143 Å². The summed E-state index contributed by atoms with van der Waals surface area (Å²) < 4.78 is 10.5. The molecule has 2 atom stereocenters. The SMILES string of the molecule is O=C(CNC(=O)CNC(=O)OCC1c2ccccc2-c2ccccc21)NC[C@H]1CCO[C@H]1C(=O)O. The average Bonchev–Trinajstić information content (AvgIpc) is 3.46. The minimum Gasteiger partial charge on any atom is -0.479 e. The number of carbonyl (C=O) groups is 4. The molecule has 3 amide bonds. The Labute approximate surface area is 202 Å². The van der Waals surface area contributed by atoms with Gasteiger partial charge in [0.2, 0.25) is 11.8 Å². The Balaban J connectivity index is 1.16. The highest BCUT2D eigenvalue weighted by Gasteiger charge is 2.34. The minimum atomic E-state index is -1.06.